The number of halogens is 1. The molecule has 0 aliphatic heterocycles. The molecular formula is C12H27ClN2O2. The number of ether oxygens (including phenoxy) is 1. The van der Waals surface area contributed by atoms with Gasteiger partial charge in [0.15, 0.2) is 0 Å². The zero-order valence-corrected chi connectivity index (χ0v) is 12.4. The lowest BCUT2D eigenvalue weighted by Gasteiger charge is -2.29. The minimum atomic E-state index is -0.166. The molecule has 5 heteroatoms. The number of nitrogens with zero attached hydrogens (tertiary/aromatic N) is 1. The van der Waals surface area contributed by atoms with E-state index in [0.29, 0.717) is 18.9 Å². The summed E-state index contributed by atoms with van der Waals surface area (Å²) in [6.07, 6.45) is 0.207. The molecule has 2 N–H and O–H groups in total. The second kappa shape index (κ2) is 9.68. The molecule has 0 aliphatic carbocycles. The van der Waals surface area contributed by atoms with Gasteiger partial charge in [0.2, 0.25) is 5.91 Å². The predicted octanol–water partition coefficient (Wildman–Crippen LogP) is 1.66. The van der Waals surface area contributed by atoms with Crippen LogP contribution in [0.2, 0.25) is 0 Å². The first-order chi connectivity index (χ1) is 7.42. The van der Waals surface area contributed by atoms with E-state index in [0.717, 1.165) is 6.54 Å². The van der Waals surface area contributed by atoms with Crippen molar-refractivity contribution >= 4 is 18.3 Å². The van der Waals surface area contributed by atoms with Crippen molar-refractivity contribution < 1.29 is 9.53 Å². The summed E-state index contributed by atoms with van der Waals surface area (Å²) in [4.78, 5) is 13.9. The topological polar surface area (TPSA) is 55.6 Å². The van der Waals surface area contributed by atoms with Gasteiger partial charge in [-0.05, 0) is 19.8 Å². The molecule has 1 unspecified atom stereocenters. The van der Waals surface area contributed by atoms with E-state index in [1.807, 2.05) is 18.7 Å². The number of carbonyl (C=O) groups excluding carboxylic acids is 1. The molecule has 0 aromatic heterocycles. The average molecular weight is 267 g/mol. The van der Waals surface area contributed by atoms with Crippen molar-refractivity contribution in [3.63, 3.8) is 0 Å². The maximum atomic E-state index is 12.0. The van der Waals surface area contributed by atoms with Crippen molar-refractivity contribution in [3.05, 3.63) is 0 Å². The van der Waals surface area contributed by atoms with E-state index in [1.165, 1.54) is 0 Å². The molecule has 17 heavy (non-hydrogen) atoms. The second-order valence-electron chi connectivity index (χ2n) is 4.83. The maximum Gasteiger partial charge on any atom is 0.225 e. The third kappa shape index (κ3) is 7.58. The molecule has 1 atom stereocenters. The van der Waals surface area contributed by atoms with Gasteiger partial charge in [-0.25, -0.2) is 0 Å². The highest BCUT2D eigenvalue weighted by molar-refractivity contribution is 5.85. The highest BCUT2D eigenvalue weighted by Gasteiger charge is 2.21. The van der Waals surface area contributed by atoms with E-state index < -0.39 is 0 Å². The van der Waals surface area contributed by atoms with Crippen LogP contribution >= 0.6 is 12.4 Å². The van der Waals surface area contributed by atoms with Gasteiger partial charge in [0, 0.05) is 26.2 Å². The summed E-state index contributed by atoms with van der Waals surface area (Å²) < 4.78 is 5.13. The molecule has 104 valence electrons. The minimum Gasteiger partial charge on any atom is -0.380 e. The Hall–Kier alpha value is -0.320. The van der Waals surface area contributed by atoms with Crippen LogP contribution in [0.5, 0.6) is 0 Å². The second-order valence-corrected chi connectivity index (χ2v) is 4.83. The number of carbonyl (C=O) groups is 1. The first-order valence-electron chi connectivity index (χ1n) is 5.94. The van der Waals surface area contributed by atoms with E-state index in [4.69, 9.17) is 10.5 Å². The number of nitrogens with two attached hydrogens (primary N) is 1. The van der Waals surface area contributed by atoms with Crippen LogP contribution in [0.3, 0.4) is 0 Å². The van der Waals surface area contributed by atoms with Crippen molar-refractivity contribution in [2.45, 2.75) is 46.3 Å². The highest BCUT2D eigenvalue weighted by Crippen LogP contribution is 2.08. The van der Waals surface area contributed by atoms with Crippen LogP contribution in [-0.2, 0) is 9.53 Å². The summed E-state index contributed by atoms with van der Waals surface area (Å²) in [7, 11) is 1.59. The normalized spacial score (nSPS) is 12.5. The van der Waals surface area contributed by atoms with Gasteiger partial charge >= 0.3 is 0 Å². The Morgan fingerprint density at radius 2 is 1.82 bits per heavy atom. The van der Waals surface area contributed by atoms with E-state index in [2.05, 4.69) is 13.8 Å². The summed E-state index contributed by atoms with van der Waals surface area (Å²) >= 11 is 0. The van der Waals surface area contributed by atoms with Crippen LogP contribution in [0.15, 0.2) is 0 Å². The summed E-state index contributed by atoms with van der Waals surface area (Å²) in [5.41, 5.74) is 5.51. The van der Waals surface area contributed by atoms with E-state index in [-0.39, 0.29) is 30.5 Å². The Balaban J connectivity index is 0. The van der Waals surface area contributed by atoms with Crippen molar-refractivity contribution in [1.29, 1.82) is 0 Å². The van der Waals surface area contributed by atoms with E-state index >= 15 is 0 Å². The zero-order chi connectivity index (χ0) is 12.7. The number of amides is 1. The lowest BCUT2D eigenvalue weighted by molar-refractivity contribution is -0.135. The third-order valence-electron chi connectivity index (χ3n) is 2.50. The van der Waals surface area contributed by atoms with Crippen LogP contribution in [0, 0.1) is 5.92 Å². The number of hydrogen-bond acceptors (Lipinski definition) is 3. The maximum absolute atomic E-state index is 12.0. The Bertz CT molecular complexity index is 207. The summed E-state index contributed by atoms with van der Waals surface area (Å²) in [5, 5.41) is 0. The van der Waals surface area contributed by atoms with Gasteiger partial charge in [0.25, 0.3) is 0 Å². The van der Waals surface area contributed by atoms with Crippen molar-refractivity contribution in [2.24, 2.45) is 11.7 Å². The van der Waals surface area contributed by atoms with Gasteiger partial charge in [0.1, 0.15) is 0 Å². The first-order valence-corrected chi connectivity index (χ1v) is 5.94. The smallest absolute Gasteiger partial charge is 0.225 e. The van der Waals surface area contributed by atoms with Crippen molar-refractivity contribution in [1.82, 2.24) is 4.90 Å². The highest BCUT2D eigenvalue weighted by atomic mass is 35.5. The van der Waals surface area contributed by atoms with E-state index in [9.17, 15) is 4.79 Å². The molecule has 0 aromatic rings. The molecule has 0 heterocycles. The van der Waals surface area contributed by atoms with Crippen molar-refractivity contribution in [3.8, 4) is 0 Å². The molecule has 0 spiro atoms. The molecule has 0 aliphatic rings. The SMILES string of the molecule is COC(CN)CC(=O)N(CC(C)C)C(C)C.Cl. The first kappa shape index (κ1) is 19.0. The number of methoxy groups -OCH3 is 1. The van der Waals surface area contributed by atoms with Gasteiger partial charge in [-0.3, -0.25) is 4.79 Å². The summed E-state index contributed by atoms with van der Waals surface area (Å²) in [6.45, 7) is 9.46. The Labute approximate surface area is 111 Å². The predicted molar refractivity (Wildman–Crippen MR) is 73.4 cm³/mol. The van der Waals surface area contributed by atoms with Crippen LogP contribution in [-0.4, -0.2) is 43.2 Å². The molecular weight excluding hydrogens is 240 g/mol. The Kier molecular flexibility index (Phi) is 10.8. The molecule has 0 fully saturated rings. The molecule has 0 rings (SSSR count). The van der Waals surface area contributed by atoms with Gasteiger partial charge in [-0.2, -0.15) is 0 Å². The molecule has 4 nitrogen and oxygen atoms in total. The zero-order valence-electron chi connectivity index (χ0n) is 11.6. The van der Waals surface area contributed by atoms with E-state index in [1.54, 1.807) is 7.11 Å². The fourth-order valence-electron chi connectivity index (χ4n) is 1.57. The van der Waals surface area contributed by atoms with Crippen LogP contribution in [0.1, 0.15) is 34.1 Å². The molecule has 0 bridgehead atoms. The number of hydrogen-bond donors (Lipinski definition) is 1. The lowest BCUT2D eigenvalue weighted by Crippen LogP contribution is -2.42. The van der Waals surface area contributed by atoms with Gasteiger partial charge in [-0.15, -0.1) is 12.4 Å². The summed E-state index contributed by atoms with van der Waals surface area (Å²) in [5.74, 6) is 0.603. The van der Waals surface area contributed by atoms with Crippen molar-refractivity contribution in [2.75, 3.05) is 20.2 Å². The van der Waals surface area contributed by atoms with Crippen LogP contribution in [0.25, 0.3) is 0 Å². The van der Waals surface area contributed by atoms with Gasteiger partial charge in [0.05, 0.1) is 12.5 Å². The van der Waals surface area contributed by atoms with Crippen LogP contribution < -0.4 is 5.73 Å². The quantitative estimate of drug-likeness (QED) is 0.763. The van der Waals surface area contributed by atoms with Gasteiger partial charge in [-0.1, -0.05) is 13.8 Å². The fraction of sp³-hybridized carbons (Fsp3) is 0.917. The Morgan fingerprint density at radius 1 is 1.29 bits per heavy atom. The average Bonchev–Trinajstić information content (AvgIpc) is 2.21. The van der Waals surface area contributed by atoms with Crippen LogP contribution in [0.4, 0.5) is 0 Å². The molecule has 0 aromatic carbocycles. The minimum absolute atomic E-state index is 0. The monoisotopic (exact) mass is 266 g/mol. The largest absolute Gasteiger partial charge is 0.380 e. The molecule has 0 saturated heterocycles. The molecule has 1 amide bonds. The third-order valence-corrected chi connectivity index (χ3v) is 2.50. The van der Waals surface area contributed by atoms with Gasteiger partial charge < -0.3 is 15.4 Å². The fourth-order valence-corrected chi connectivity index (χ4v) is 1.57. The molecule has 0 saturated carbocycles. The lowest BCUT2D eigenvalue weighted by atomic mass is 10.1. The standard InChI is InChI=1S/C12H26N2O2.ClH/c1-9(2)8-14(10(3)4)12(15)6-11(7-13)16-5;/h9-11H,6-8,13H2,1-5H3;1H. The molecule has 0 radical (unpaired) electrons. The Morgan fingerprint density at radius 3 is 2.12 bits per heavy atom. The summed E-state index contributed by atoms with van der Waals surface area (Å²) in [6, 6.07) is 0.227. The number of rotatable bonds is 7.